The van der Waals surface area contributed by atoms with E-state index in [0.29, 0.717) is 16.5 Å². The maximum absolute atomic E-state index is 10.4. The number of rotatable bonds is 3. The lowest BCUT2D eigenvalue weighted by Gasteiger charge is -1.98. The molecule has 0 aliphatic heterocycles. The summed E-state index contributed by atoms with van der Waals surface area (Å²) >= 11 is 0. The molecule has 0 heterocycles. The number of nitrogens with two attached hydrogens (primary N) is 1. The van der Waals surface area contributed by atoms with Gasteiger partial charge in [-0.1, -0.05) is 12.1 Å². The second-order valence-electron chi connectivity index (χ2n) is 2.43. The monoisotopic (exact) mass is 219 g/mol. The van der Waals surface area contributed by atoms with Crippen LogP contribution < -0.4 is 5.73 Å². The SMILES string of the molecule is Nc1ccc(CSS(=O)(=O)O)cc1. The minimum Gasteiger partial charge on any atom is -0.399 e. The molecule has 0 aromatic heterocycles. The summed E-state index contributed by atoms with van der Waals surface area (Å²) in [6.45, 7) is 0. The first-order valence-electron chi connectivity index (χ1n) is 3.43. The normalized spacial score (nSPS) is 11.5. The van der Waals surface area contributed by atoms with Gasteiger partial charge in [-0.25, -0.2) is 0 Å². The summed E-state index contributed by atoms with van der Waals surface area (Å²) in [5.74, 6) is 0.221. The zero-order valence-electron chi connectivity index (χ0n) is 6.67. The van der Waals surface area contributed by atoms with Crippen LogP contribution >= 0.6 is 10.8 Å². The second kappa shape index (κ2) is 3.99. The van der Waals surface area contributed by atoms with Crippen LogP contribution in [0, 0.1) is 0 Å². The van der Waals surface area contributed by atoms with Gasteiger partial charge in [-0.15, -0.1) is 0 Å². The quantitative estimate of drug-likeness (QED) is 0.455. The average molecular weight is 219 g/mol. The summed E-state index contributed by atoms with van der Waals surface area (Å²) < 4.78 is 29.2. The van der Waals surface area contributed by atoms with Crippen LogP contribution in [0.3, 0.4) is 0 Å². The molecule has 72 valence electrons. The lowest BCUT2D eigenvalue weighted by molar-refractivity contribution is 0.503. The summed E-state index contributed by atoms with van der Waals surface area (Å²) in [6, 6.07) is 6.79. The van der Waals surface area contributed by atoms with E-state index in [2.05, 4.69) is 0 Å². The lowest BCUT2D eigenvalue weighted by Crippen LogP contribution is -1.91. The summed E-state index contributed by atoms with van der Waals surface area (Å²) in [4.78, 5) is 0. The van der Waals surface area contributed by atoms with E-state index in [0.717, 1.165) is 5.56 Å². The molecule has 1 rings (SSSR count). The summed E-state index contributed by atoms with van der Waals surface area (Å²) in [5.41, 5.74) is 6.86. The van der Waals surface area contributed by atoms with E-state index in [1.165, 1.54) is 0 Å². The Morgan fingerprint density at radius 3 is 2.31 bits per heavy atom. The van der Waals surface area contributed by atoms with Crippen LogP contribution in [0.2, 0.25) is 0 Å². The molecule has 1 aromatic rings. The van der Waals surface area contributed by atoms with E-state index >= 15 is 0 Å². The maximum Gasteiger partial charge on any atom is 0.320 e. The van der Waals surface area contributed by atoms with Crippen LogP contribution in [-0.4, -0.2) is 13.0 Å². The smallest absolute Gasteiger partial charge is 0.320 e. The highest BCUT2D eigenvalue weighted by Crippen LogP contribution is 2.17. The lowest BCUT2D eigenvalue weighted by atomic mass is 10.2. The molecule has 0 amide bonds. The molecule has 0 saturated carbocycles. The predicted octanol–water partition coefficient (Wildman–Crippen LogP) is 1.30. The number of hydrogen-bond acceptors (Lipinski definition) is 4. The third-order valence-corrected chi connectivity index (χ3v) is 3.35. The van der Waals surface area contributed by atoms with Gasteiger partial charge in [-0.05, 0) is 17.7 Å². The second-order valence-corrected chi connectivity index (χ2v) is 5.78. The van der Waals surface area contributed by atoms with Crippen molar-refractivity contribution in [1.29, 1.82) is 0 Å². The number of anilines is 1. The molecule has 0 fully saturated rings. The van der Waals surface area contributed by atoms with Gasteiger partial charge in [-0.2, -0.15) is 8.42 Å². The highest BCUT2D eigenvalue weighted by Gasteiger charge is 2.05. The Labute approximate surface area is 80.3 Å². The molecule has 4 nitrogen and oxygen atoms in total. The number of benzene rings is 1. The molecule has 0 radical (unpaired) electrons. The summed E-state index contributed by atoms with van der Waals surface area (Å²) in [5, 5.41) is 0. The first-order chi connectivity index (χ1) is 5.97. The van der Waals surface area contributed by atoms with Crippen LogP contribution in [0.1, 0.15) is 5.56 Å². The number of hydrogen-bond donors (Lipinski definition) is 2. The molecule has 13 heavy (non-hydrogen) atoms. The van der Waals surface area contributed by atoms with Crippen molar-refractivity contribution in [1.82, 2.24) is 0 Å². The van der Waals surface area contributed by atoms with Gasteiger partial charge in [-0.3, -0.25) is 4.55 Å². The standard InChI is InChI=1S/C7H9NO3S2/c8-7-3-1-6(2-4-7)5-12-13(9,10)11/h1-4H,5,8H2,(H,9,10,11). The van der Waals surface area contributed by atoms with Crippen LogP contribution in [-0.2, 0) is 14.9 Å². The van der Waals surface area contributed by atoms with Gasteiger partial charge in [0, 0.05) is 22.2 Å². The third-order valence-electron chi connectivity index (χ3n) is 1.35. The van der Waals surface area contributed by atoms with Gasteiger partial charge in [0.05, 0.1) is 0 Å². The topological polar surface area (TPSA) is 80.4 Å². The zero-order valence-corrected chi connectivity index (χ0v) is 8.31. The van der Waals surface area contributed by atoms with Crippen molar-refractivity contribution >= 4 is 25.6 Å². The van der Waals surface area contributed by atoms with Gasteiger partial charge in [0.25, 0.3) is 0 Å². The first-order valence-corrected chi connectivity index (χ1v) is 6.38. The summed E-state index contributed by atoms with van der Waals surface area (Å²) in [7, 11) is -3.47. The molecule has 0 aliphatic rings. The number of nitrogen functional groups attached to an aromatic ring is 1. The van der Waals surface area contributed by atoms with Crippen molar-refractivity contribution in [2.24, 2.45) is 0 Å². The molecule has 0 spiro atoms. The largest absolute Gasteiger partial charge is 0.399 e. The van der Waals surface area contributed by atoms with Crippen molar-refractivity contribution in [3.05, 3.63) is 29.8 Å². The van der Waals surface area contributed by atoms with E-state index in [4.69, 9.17) is 10.3 Å². The molecule has 0 bridgehead atoms. The predicted molar refractivity (Wildman–Crippen MR) is 53.7 cm³/mol. The van der Waals surface area contributed by atoms with Crippen LogP contribution in [0.15, 0.2) is 24.3 Å². The Bertz CT molecular complexity index is 371. The van der Waals surface area contributed by atoms with Crippen molar-refractivity contribution in [2.75, 3.05) is 5.73 Å². The molecule has 6 heteroatoms. The Kier molecular flexibility index (Phi) is 3.18. The van der Waals surface area contributed by atoms with Crippen LogP contribution in [0.25, 0.3) is 0 Å². The van der Waals surface area contributed by atoms with Crippen LogP contribution in [0.4, 0.5) is 5.69 Å². The molecular formula is C7H9NO3S2. The van der Waals surface area contributed by atoms with Crippen molar-refractivity contribution in [3.63, 3.8) is 0 Å². The molecule has 1 aromatic carbocycles. The van der Waals surface area contributed by atoms with Gasteiger partial charge in [0.15, 0.2) is 0 Å². The van der Waals surface area contributed by atoms with E-state index in [9.17, 15) is 8.42 Å². The van der Waals surface area contributed by atoms with Gasteiger partial charge < -0.3 is 5.73 Å². The molecule has 0 atom stereocenters. The van der Waals surface area contributed by atoms with E-state index < -0.39 is 9.15 Å². The average Bonchev–Trinajstić information content (AvgIpc) is 2.02. The first kappa shape index (κ1) is 10.4. The Balaban J connectivity index is 2.61. The minimum atomic E-state index is -3.95. The molecule has 0 aliphatic carbocycles. The third kappa shape index (κ3) is 4.16. The molecular weight excluding hydrogens is 210 g/mol. The zero-order chi connectivity index (χ0) is 9.90. The Hall–Kier alpha value is -0.720. The minimum absolute atomic E-state index is 0.221. The highest BCUT2D eigenvalue weighted by molar-refractivity contribution is 8.69. The maximum atomic E-state index is 10.4. The van der Waals surface area contributed by atoms with E-state index in [1.54, 1.807) is 24.3 Å². The fourth-order valence-corrected chi connectivity index (χ4v) is 2.09. The molecule has 0 saturated heterocycles. The molecule has 3 N–H and O–H groups in total. The highest BCUT2D eigenvalue weighted by atomic mass is 33.1. The Morgan fingerprint density at radius 2 is 1.85 bits per heavy atom. The van der Waals surface area contributed by atoms with E-state index in [-0.39, 0.29) is 5.75 Å². The summed E-state index contributed by atoms with van der Waals surface area (Å²) in [6.07, 6.45) is 0. The van der Waals surface area contributed by atoms with Gasteiger partial charge in [0.1, 0.15) is 0 Å². The van der Waals surface area contributed by atoms with Gasteiger partial charge in [0.2, 0.25) is 0 Å². The van der Waals surface area contributed by atoms with Crippen LogP contribution in [0.5, 0.6) is 0 Å². The fraction of sp³-hybridized carbons (Fsp3) is 0.143. The van der Waals surface area contributed by atoms with Crippen molar-refractivity contribution in [2.45, 2.75) is 5.75 Å². The molecule has 0 unspecified atom stereocenters. The van der Waals surface area contributed by atoms with Crippen molar-refractivity contribution in [3.8, 4) is 0 Å². The van der Waals surface area contributed by atoms with E-state index in [1.807, 2.05) is 0 Å². The fourth-order valence-electron chi connectivity index (χ4n) is 0.756. The van der Waals surface area contributed by atoms with Gasteiger partial charge >= 0.3 is 9.15 Å². The Morgan fingerprint density at radius 1 is 1.31 bits per heavy atom. The van der Waals surface area contributed by atoms with Crippen molar-refractivity contribution < 1.29 is 13.0 Å².